The van der Waals surface area contributed by atoms with Crippen LogP contribution in [0.4, 0.5) is 0 Å². The highest BCUT2D eigenvalue weighted by Crippen LogP contribution is 2.52. The molecule has 0 atom stereocenters. The standard InChI is InChI=1S/C54H51N3O/c1-52(2,3)40-24-27-46(43(34-40)36-19-12-9-13-20-36)57-47-23-16-21-41(38-31-37(35-17-10-8-11-18-35)32-39(33-38)45-22-14-15-30-55-45)49(47)56-51(57)42-25-26-44-48(50(42)58)54(6,7)29-28-53(44,4)5/h8-27,30-34,58H,28-29H2,1-7H3. The van der Waals surface area contributed by atoms with Gasteiger partial charge in [-0.3, -0.25) is 9.55 Å². The zero-order chi connectivity index (χ0) is 40.4. The summed E-state index contributed by atoms with van der Waals surface area (Å²) >= 11 is 0. The van der Waals surface area contributed by atoms with Crippen LogP contribution in [0, 0.1) is 0 Å². The molecule has 1 aliphatic carbocycles. The Morgan fingerprint density at radius 3 is 1.95 bits per heavy atom. The summed E-state index contributed by atoms with van der Waals surface area (Å²) in [5, 5.41) is 12.6. The highest BCUT2D eigenvalue weighted by Gasteiger charge is 2.40. The maximum Gasteiger partial charge on any atom is 0.149 e. The van der Waals surface area contributed by atoms with Crippen LogP contribution in [0.3, 0.4) is 0 Å². The van der Waals surface area contributed by atoms with Crippen molar-refractivity contribution in [3.8, 4) is 67.5 Å². The van der Waals surface area contributed by atoms with Crippen LogP contribution in [-0.4, -0.2) is 19.6 Å². The molecular weight excluding hydrogens is 707 g/mol. The third-order valence-electron chi connectivity index (χ3n) is 12.4. The minimum absolute atomic E-state index is 0.0491. The average molecular weight is 758 g/mol. The van der Waals surface area contributed by atoms with Crippen molar-refractivity contribution in [2.75, 3.05) is 0 Å². The zero-order valence-corrected chi connectivity index (χ0v) is 34.6. The molecule has 0 aliphatic heterocycles. The molecule has 8 aromatic rings. The summed E-state index contributed by atoms with van der Waals surface area (Å²) in [6, 6.07) is 51.6. The number of phenolic OH excluding ortho intramolecular Hbond substituents is 1. The van der Waals surface area contributed by atoms with E-state index in [1.54, 1.807) is 0 Å². The Hall–Kier alpha value is -6.26. The van der Waals surface area contributed by atoms with Gasteiger partial charge in [0.2, 0.25) is 0 Å². The van der Waals surface area contributed by atoms with E-state index in [2.05, 4.69) is 186 Å². The van der Waals surface area contributed by atoms with Crippen LogP contribution in [0.5, 0.6) is 5.75 Å². The number of nitrogens with zero attached hydrogens (tertiary/aromatic N) is 3. The summed E-state index contributed by atoms with van der Waals surface area (Å²) < 4.78 is 2.29. The summed E-state index contributed by atoms with van der Waals surface area (Å²) in [6.45, 7) is 15.9. The fourth-order valence-corrected chi connectivity index (χ4v) is 8.97. The van der Waals surface area contributed by atoms with Gasteiger partial charge in [-0.1, -0.05) is 139 Å². The minimum atomic E-state index is -0.198. The molecule has 0 saturated carbocycles. The summed E-state index contributed by atoms with van der Waals surface area (Å²) in [5.74, 6) is 1.04. The lowest BCUT2D eigenvalue weighted by Crippen LogP contribution is -2.34. The molecule has 0 spiro atoms. The van der Waals surface area contributed by atoms with E-state index in [4.69, 9.17) is 9.97 Å². The predicted molar refractivity (Wildman–Crippen MR) is 242 cm³/mol. The van der Waals surface area contributed by atoms with E-state index in [0.29, 0.717) is 11.6 Å². The van der Waals surface area contributed by atoms with Crippen LogP contribution in [0.25, 0.3) is 72.7 Å². The lowest BCUT2D eigenvalue weighted by Gasteiger charge is -2.42. The van der Waals surface area contributed by atoms with E-state index in [1.807, 2.05) is 18.3 Å². The first-order chi connectivity index (χ1) is 27.8. The van der Waals surface area contributed by atoms with Crippen molar-refractivity contribution in [1.82, 2.24) is 14.5 Å². The van der Waals surface area contributed by atoms with Crippen molar-refractivity contribution >= 4 is 11.0 Å². The number of hydrogen-bond donors (Lipinski definition) is 1. The number of hydrogen-bond acceptors (Lipinski definition) is 3. The molecule has 1 N–H and O–H groups in total. The molecule has 0 fully saturated rings. The molecule has 4 heteroatoms. The number of rotatable bonds is 6. The van der Waals surface area contributed by atoms with Crippen molar-refractivity contribution in [2.24, 2.45) is 0 Å². The number of fused-ring (bicyclic) bond motifs is 2. The highest BCUT2D eigenvalue weighted by atomic mass is 16.3. The average Bonchev–Trinajstić information content (AvgIpc) is 3.62. The molecule has 58 heavy (non-hydrogen) atoms. The number of aromatic nitrogens is 3. The van der Waals surface area contributed by atoms with Gasteiger partial charge in [0.1, 0.15) is 11.6 Å². The maximum absolute atomic E-state index is 12.6. The molecule has 9 rings (SSSR count). The minimum Gasteiger partial charge on any atom is -0.507 e. The fraction of sp³-hybridized carbons (Fsp3) is 0.222. The largest absolute Gasteiger partial charge is 0.507 e. The van der Waals surface area contributed by atoms with E-state index >= 15 is 0 Å². The Labute approximate surface area is 342 Å². The van der Waals surface area contributed by atoms with E-state index < -0.39 is 0 Å². The smallest absolute Gasteiger partial charge is 0.149 e. The van der Waals surface area contributed by atoms with Gasteiger partial charge in [-0.15, -0.1) is 0 Å². The van der Waals surface area contributed by atoms with Crippen LogP contribution in [0.15, 0.2) is 152 Å². The van der Waals surface area contributed by atoms with Gasteiger partial charge >= 0.3 is 0 Å². The second-order valence-electron chi connectivity index (χ2n) is 18.3. The van der Waals surface area contributed by atoms with Gasteiger partial charge in [-0.05, 0) is 117 Å². The van der Waals surface area contributed by atoms with E-state index in [1.165, 1.54) is 11.1 Å². The summed E-state index contributed by atoms with van der Waals surface area (Å²) in [5.41, 5.74) is 15.3. The molecule has 2 heterocycles. The SMILES string of the molecule is CC(C)(C)c1ccc(-n2c(-c3ccc4c(c3O)C(C)(C)CCC4(C)C)nc3c(-c4cc(-c5ccccc5)cc(-c5ccccn5)c4)cccc32)c(-c2ccccc2)c1. The van der Waals surface area contributed by atoms with Crippen molar-refractivity contribution in [3.63, 3.8) is 0 Å². The second-order valence-corrected chi connectivity index (χ2v) is 18.3. The summed E-state index contributed by atoms with van der Waals surface area (Å²) in [6.07, 6.45) is 3.91. The normalized spacial score (nSPS) is 14.7. The topological polar surface area (TPSA) is 50.9 Å². The molecule has 0 saturated heterocycles. The molecule has 0 amide bonds. The van der Waals surface area contributed by atoms with Crippen LogP contribution in [0.2, 0.25) is 0 Å². The molecular formula is C54H51N3O. The molecule has 0 unspecified atom stereocenters. The first-order valence-electron chi connectivity index (χ1n) is 20.5. The van der Waals surface area contributed by atoms with Crippen LogP contribution >= 0.6 is 0 Å². The molecule has 288 valence electrons. The quantitative estimate of drug-likeness (QED) is 0.184. The van der Waals surface area contributed by atoms with Crippen molar-refractivity contribution < 1.29 is 5.11 Å². The molecule has 6 aromatic carbocycles. The van der Waals surface area contributed by atoms with Gasteiger partial charge < -0.3 is 5.11 Å². The lowest BCUT2D eigenvalue weighted by atomic mass is 9.62. The van der Waals surface area contributed by atoms with Gasteiger partial charge in [-0.2, -0.15) is 0 Å². The Bertz CT molecular complexity index is 2750. The summed E-state index contributed by atoms with van der Waals surface area (Å²) in [7, 11) is 0. The van der Waals surface area contributed by atoms with Crippen LogP contribution in [-0.2, 0) is 16.2 Å². The van der Waals surface area contributed by atoms with Gasteiger partial charge in [0, 0.05) is 28.5 Å². The van der Waals surface area contributed by atoms with E-state index in [0.717, 1.165) is 85.3 Å². The third kappa shape index (κ3) is 6.51. The highest BCUT2D eigenvalue weighted by molar-refractivity contribution is 5.98. The van der Waals surface area contributed by atoms with Crippen LogP contribution in [0.1, 0.15) is 78.0 Å². The molecule has 0 radical (unpaired) electrons. The molecule has 2 aromatic heterocycles. The number of imidazole rings is 1. The van der Waals surface area contributed by atoms with Crippen LogP contribution < -0.4 is 0 Å². The zero-order valence-electron chi connectivity index (χ0n) is 34.6. The Balaban J connectivity index is 1.37. The van der Waals surface area contributed by atoms with Gasteiger partial charge in [0.05, 0.1) is 28.0 Å². The van der Waals surface area contributed by atoms with E-state index in [9.17, 15) is 5.11 Å². The number of benzene rings is 6. The number of pyridine rings is 1. The maximum atomic E-state index is 12.6. The Morgan fingerprint density at radius 2 is 1.24 bits per heavy atom. The monoisotopic (exact) mass is 757 g/mol. The third-order valence-corrected chi connectivity index (χ3v) is 12.4. The predicted octanol–water partition coefficient (Wildman–Crippen LogP) is 14.1. The first-order valence-corrected chi connectivity index (χ1v) is 20.5. The van der Waals surface area contributed by atoms with Crippen molar-refractivity contribution in [1.29, 1.82) is 0 Å². The Morgan fingerprint density at radius 1 is 0.569 bits per heavy atom. The molecule has 4 nitrogen and oxygen atoms in total. The molecule has 1 aliphatic rings. The summed E-state index contributed by atoms with van der Waals surface area (Å²) in [4.78, 5) is 10.4. The lowest BCUT2D eigenvalue weighted by molar-refractivity contribution is 0.318. The van der Waals surface area contributed by atoms with Crippen molar-refractivity contribution in [2.45, 2.75) is 77.6 Å². The van der Waals surface area contributed by atoms with Gasteiger partial charge in [-0.25, -0.2) is 4.98 Å². The first kappa shape index (κ1) is 37.3. The van der Waals surface area contributed by atoms with Crippen molar-refractivity contribution in [3.05, 3.63) is 168 Å². The number of aromatic hydroxyl groups is 1. The number of phenols is 1. The Kier molecular flexibility index (Phi) is 9.00. The number of para-hydroxylation sites is 1. The fourth-order valence-electron chi connectivity index (χ4n) is 8.97. The van der Waals surface area contributed by atoms with Gasteiger partial charge in [0.15, 0.2) is 0 Å². The molecule has 0 bridgehead atoms. The van der Waals surface area contributed by atoms with Gasteiger partial charge in [0.25, 0.3) is 0 Å². The second kappa shape index (κ2) is 14.0. The van der Waals surface area contributed by atoms with E-state index in [-0.39, 0.29) is 16.2 Å².